The van der Waals surface area contributed by atoms with Crippen LogP contribution in [-0.4, -0.2) is 13.5 Å². The molecule has 0 radical (unpaired) electrons. The van der Waals surface area contributed by atoms with Crippen molar-refractivity contribution in [3.05, 3.63) is 12.5 Å². The van der Waals surface area contributed by atoms with E-state index in [2.05, 4.69) is 16.6 Å². The molecule has 0 unspecified atom stereocenters. The third kappa shape index (κ3) is 2.82. The van der Waals surface area contributed by atoms with E-state index in [9.17, 15) is 4.79 Å². The molecule has 0 heterocycles. The van der Waals surface area contributed by atoms with Gasteiger partial charge in [0.05, 0.1) is 0 Å². The summed E-state index contributed by atoms with van der Waals surface area (Å²) >= 11 is 0. The molecule has 0 aromatic rings. The summed E-state index contributed by atoms with van der Waals surface area (Å²) in [6.45, 7) is 3.62. The van der Waals surface area contributed by atoms with E-state index in [0.29, 0.717) is 6.47 Å². The van der Waals surface area contributed by atoms with Crippen LogP contribution >= 0.6 is 0 Å². The predicted molar refractivity (Wildman–Crippen MR) is 25.3 cm³/mol. The molecule has 0 spiro atoms. The van der Waals surface area contributed by atoms with Crippen LogP contribution in [0.2, 0.25) is 0 Å². The van der Waals surface area contributed by atoms with Gasteiger partial charge in [-0.3, -0.25) is 4.79 Å². The van der Waals surface area contributed by atoms with Gasteiger partial charge >= 0.3 is 0 Å². The van der Waals surface area contributed by atoms with Gasteiger partial charge in [0.1, 0.15) is 0 Å². The summed E-state index contributed by atoms with van der Waals surface area (Å²) in [7, 11) is 1.62. The van der Waals surface area contributed by atoms with Gasteiger partial charge in [0, 0.05) is 7.05 Å². The van der Waals surface area contributed by atoms with Crippen LogP contribution < -0.4 is 5.32 Å². The van der Waals surface area contributed by atoms with Gasteiger partial charge < -0.3 is 10.1 Å². The van der Waals surface area contributed by atoms with Crippen molar-refractivity contribution in [3.63, 3.8) is 0 Å². The highest BCUT2D eigenvalue weighted by Crippen LogP contribution is 1.77. The maximum atomic E-state index is 9.45. The average molecular weight is 101 g/mol. The predicted octanol–water partition coefficient (Wildman–Crippen LogP) is -0.150. The molecule has 0 saturated carbocycles. The Morgan fingerprint density at radius 2 is 2.57 bits per heavy atom. The number of hydrogen-bond acceptors (Lipinski definition) is 3. The van der Waals surface area contributed by atoms with Crippen LogP contribution in [0.15, 0.2) is 12.5 Å². The Hall–Kier alpha value is -0.990. The number of hydrogen-bond donors (Lipinski definition) is 1. The molecule has 0 atom stereocenters. The van der Waals surface area contributed by atoms with E-state index >= 15 is 0 Å². The van der Waals surface area contributed by atoms with Gasteiger partial charge in [-0.05, 0) is 6.58 Å². The molecule has 1 N–H and O–H groups in total. The third-order valence-corrected chi connectivity index (χ3v) is 0.469. The minimum Gasteiger partial charge on any atom is -0.413 e. The number of rotatable bonds is 3. The summed E-state index contributed by atoms with van der Waals surface area (Å²) in [5, 5.41) is 2.52. The van der Waals surface area contributed by atoms with Crippen LogP contribution in [0, 0.1) is 0 Å². The standard InChI is InChI=1S/C4H7NO2/c1-4(5-2)7-3-6/h3,5H,1H2,2H3. The molecule has 40 valence electrons. The second kappa shape index (κ2) is 3.21. The molecule has 0 amide bonds. The molecule has 0 aliphatic rings. The fraction of sp³-hybridized carbons (Fsp3) is 0.250. The van der Waals surface area contributed by atoms with Crippen molar-refractivity contribution in [1.82, 2.24) is 5.32 Å². The fourth-order valence-electron chi connectivity index (χ4n) is 0.117. The van der Waals surface area contributed by atoms with Gasteiger partial charge in [-0.25, -0.2) is 0 Å². The Morgan fingerprint density at radius 1 is 2.00 bits per heavy atom. The number of carbonyl (C=O) groups excluding carboxylic acids is 1. The van der Waals surface area contributed by atoms with Crippen molar-refractivity contribution in [2.24, 2.45) is 0 Å². The van der Waals surface area contributed by atoms with E-state index in [0.717, 1.165) is 0 Å². The van der Waals surface area contributed by atoms with Crippen LogP contribution in [0.25, 0.3) is 0 Å². The average Bonchev–Trinajstić information content (AvgIpc) is 1.68. The van der Waals surface area contributed by atoms with Crippen molar-refractivity contribution in [2.75, 3.05) is 7.05 Å². The van der Waals surface area contributed by atoms with Gasteiger partial charge in [-0.15, -0.1) is 0 Å². The highest BCUT2D eigenvalue weighted by Gasteiger charge is 1.80. The normalized spacial score (nSPS) is 7.00. The van der Waals surface area contributed by atoms with E-state index in [4.69, 9.17) is 0 Å². The third-order valence-electron chi connectivity index (χ3n) is 0.469. The van der Waals surface area contributed by atoms with E-state index < -0.39 is 0 Å². The topological polar surface area (TPSA) is 38.3 Å². The number of nitrogens with one attached hydrogen (secondary N) is 1. The molecule has 0 aromatic carbocycles. The van der Waals surface area contributed by atoms with E-state index in [1.807, 2.05) is 0 Å². The summed E-state index contributed by atoms with van der Waals surface area (Å²) in [4.78, 5) is 9.45. The summed E-state index contributed by atoms with van der Waals surface area (Å²) in [6, 6.07) is 0. The first-order valence-electron chi connectivity index (χ1n) is 1.78. The molecule has 0 bridgehead atoms. The van der Waals surface area contributed by atoms with Crippen LogP contribution in [0.3, 0.4) is 0 Å². The first kappa shape index (κ1) is 6.01. The van der Waals surface area contributed by atoms with Crippen molar-refractivity contribution < 1.29 is 9.53 Å². The lowest BCUT2D eigenvalue weighted by atomic mass is 10.9. The highest BCUT2D eigenvalue weighted by atomic mass is 16.5. The van der Waals surface area contributed by atoms with Gasteiger partial charge in [0.25, 0.3) is 6.47 Å². The highest BCUT2D eigenvalue weighted by molar-refractivity contribution is 5.39. The maximum absolute atomic E-state index is 9.45. The lowest BCUT2D eigenvalue weighted by Gasteiger charge is -1.96. The molecule has 0 fully saturated rings. The molecule has 0 aliphatic carbocycles. The Labute approximate surface area is 42.0 Å². The summed E-state index contributed by atoms with van der Waals surface area (Å²) in [6.07, 6.45) is 0. The Bertz CT molecular complexity index is 79.8. The van der Waals surface area contributed by atoms with E-state index in [-0.39, 0.29) is 5.88 Å². The zero-order valence-electron chi connectivity index (χ0n) is 4.10. The Balaban J connectivity index is 3.17. The van der Waals surface area contributed by atoms with Crippen LogP contribution in [0.4, 0.5) is 0 Å². The van der Waals surface area contributed by atoms with Gasteiger partial charge in [0.15, 0.2) is 5.88 Å². The largest absolute Gasteiger partial charge is 0.413 e. The smallest absolute Gasteiger partial charge is 0.299 e. The first-order valence-corrected chi connectivity index (χ1v) is 1.78. The molecule has 3 heteroatoms. The monoisotopic (exact) mass is 101 g/mol. The zero-order valence-corrected chi connectivity index (χ0v) is 4.10. The summed E-state index contributed by atoms with van der Waals surface area (Å²) in [5.74, 6) is 0.259. The Morgan fingerprint density at radius 3 is 2.71 bits per heavy atom. The zero-order chi connectivity index (χ0) is 5.70. The number of carbonyl (C=O) groups is 1. The van der Waals surface area contributed by atoms with Gasteiger partial charge in [-0.1, -0.05) is 0 Å². The van der Waals surface area contributed by atoms with Crippen molar-refractivity contribution >= 4 is 6.47 Å². The van der Waals surface area contributed by atoms with Crippen LogP contribution in [0.1, 0.15) is 0 Å². The molecule has 0 rings (SSSR count). The lowest BCUT2D eigenvalue weighted by molar-refractivity contribution is -0.125. The van der Waals surface area contributed by atoms with Gasteiger partial charge in [-0.2, -0.15) is 0 Å². The molecule has 7 heavy (non-hydrogen) atoms. The van der Waals surface area contributed by atoms with Gasteiger partial charge in [0.2, 0.25) is 0 Å². The molecule has 3 nitrogen and oxygen atoms in total. The Kier molecular flexibility index (Phi) is 2.76. The van der Waals surface area contributed by atoms with Crippen molar-refractivity contribution in [2.45, 2.75) is 0 Å². The second-order valence-corrected chi connectivity index (χ2v) is 0.887. The molecule has 0 aromatic heterocycles. The maximum Gasteiger partial charge on any atom is 0.299 e. The lowest BCUT2D eigenvalue weighted by Crippen LogP contribution is -2.06. The molecule has 0 saturated heterocycles. The van der Waals surface area contributed by atoms with E-state index in [1.165, 1.54) is 0 Å². The quantitative estimate of drug-likeness (QED) is 0.397. The number of ether oxygens (including phenoxy) is 1. The van der Waals surface area contributed by atoms with Crippen LogP contribution in [-0.2, 0) is 9.53 Å². The molecular weight excluding hydrogens is 94.0 g/mol. The van der Waals surface area contributed by atoms with E-state index in [1.54, 1.807) is 7.05 Å². The minimum absolute atomic E-state index is 0.259. The minimum atomic E-state index is 0.259. The van der Waals surface area contributed by atoms with Crippen molar-refractivity contribution in [1.29, 1.82) is 0 Å². The van der Waals surface area contributed by atoms with Crippen LogP contribution in [0.5, 0.6) is 0 Å². The molecular formula is C4H7NO2. The first-order chi connectivity index (χ1) is 3.31. The second-order valence-electron chi connectivity index (χ2n) is 0.887. The fourth-order valence-corrected chi connectivity index (χ4v) is 0.117. The summed E-state index contributed by atoms with van der Waals surface area (Å²) in [5.41, 5.74) is 0. The SMILES string of the molecule is C=C(NC)OC=O. The van der Waals surface area contributed by atoms with Crippen molar-refractivity contribution in [3.8, 4) is 0 Å². The molecule has 0 aliphatic heterocycles. The summed E-state index contributed by atoms with van der Waals surface area (Å²) < 4.78 is 4.20.